The van der Waals surface area contributed by atoms with E-state index in [2.05, 4.69) is 21.2 Å². The van der Waals surface area contributed by atoms with E-state index in [1.54, 1.807) is 18.8 Å². The van der Waals surface area contributed by atoms with Crippen LogP contribution in [0.4, 0.5) is 5.69 Å². The second-order valence-corrected chi connectivity index (χ2v) is 5.01. The van der Waals surface area contributed by atoms with Crippen molar-refractivity contribution in [3.63, 3.8) is 0 Å². The summed E-state index contributed by atoms with van der Waals surface area (Å²) in [5.74, 6) is 0.795. The zero-order valence-electron chi connectivity index (χ0n) is 8.42. The summed E-state index contributed by atoms with van der Waals surface area (Å²) in [5, 5.41) is 2.58. The minimum absolute atomic E-state index is 0.0539. The Kier molecular flexibility index (Phi) is 4.98. The Labute approximate surface area is 102 Å². The van der Waals surface area contributed by atoms with Gasteiger partial charge in [-0.15, -0.1) is 11.8 Å². The summed E-state index contributed by atoms with van der Waals surface area (Å²) in [6.07, 6.45) is 0.511. The summed E-state index contributed by atoms with van der Waals surface area (Å²) in [6, 6.07) is 5.76. The maximum Gasteiger partial charge on any atom is 0.220 e. The van der Waals surface area contributed by atoms with E-state index in [4.69, 9.17) is 5.73 Å². The number of amides is 1. The van der Waals surface area contributed by atoms with E-state index in [1.165, 1.54) is 0 Å². The maximum atomic E-state index is 11.0. The van der Waals surface area contributed by atoms with Crippen LogP contribution in [-0.2, 0) is 4.79 Å². The van der Waals surface area contributed by atoms with Crippen molar-refractivity contribution in [2.24, 2.45) is 0 Å². The Hall–Kier alpha value is -0.680. The van der Waals surface area contributed by atoms with Gasteiger partial charge in [-0.1, -0.05) is 15.9 Å². The van der Waals surface area contributed by atoms with Crippen molar-refractivity contribution in [1.29, 1.82) is 0 Å². The summed E-state index contributed by atoms with van der Waals surface area (Å²) in [7, 11) is 1.64. The number of hydrogen-bond donors (Lipinski definition) is 2. The predicted octanol–water partition coefficient (Wildman–Crippen LogP) is 2.26. The minimum Gasteiger partial charge on any atom is -0.398 e. The molecule has 5 heteroatoms. The van der Waals surface area contributed by atoms with Gasteiger partial charge in [0.25, 0.3) is 0 Å². The second kappa shape index (κ2) is 6.02. The number of benzene rings is 1. The molecule has 0 radical (unpaired) electrons. The summed E-state index contributed by atoms with van der Waals surface area (Å²) in [5.41, 5.74) is 6.56. The molecule has 15 heavy (non-hydrogen) atoms. The highest BCUT2D eigenvalue weighted by atomic mass is 79.9. The van der Waals surface area contributed by atoms with E-state index in [1.807, 2.05) is 18.2 Å². The second-order valence-electron chi connectivity index (χ2n) is 2.95. The quantitative estimate of drug-likeness (QED) is 0.660. The summed E-state index contributed by atoms with van der Waals surface area (Å²) >= 11 is 4.94. The van der Waals surface area contributed by atoms with Gasteiger partial charge in [0.2, 0.25) is 5.91 Å². The lowest BCUT2D eigenvalue weighted by atomic mass is 10.3. The molecule has 82 valence electrons. The van der Waals surface area contributed by atoms with Crippen LogP contribution in [-0.4, -0.2) is 18.7 Å². The van der Waals surface area contributed by atoms with Crippen LogP contribution in [0.1, 0.15) is 6.42 Å². The number of nitrogens with two attached hydrogens (primary N) is 1. The lowest BCUT2D eigenvalue weighted by molar-refractivity contribution is -0.120. The molecule has 0 bridgehead atoms. The first-order valence-electron chi connectivity index (χ1n) is 4.52. The van der Waals surface area contributed by atoms with Gasteiger partial charge in [-0.2, -0.15) is 0 Å². The smallest absolute Gasteiger partial charge is 0.220 e. The van der Waals surface area contributed by atoms with Gasteiger partial charge in [-0.05, 0) is 18.2 Å². The standard InChI is InChI=1S/C10H13BrN2OS/c1-13-10(14)4-5-15-9-3-2-7(11)6-8(9)12/h2-3,6H,4-5,12H2,1H3,(H,13,14). The van der Waals surface area contributed by atoms with Crippen LogP contribution in [0.5, 0.6) is 0 Å². The first-order valence-corrected chi connectivity index (χ1v) is 6.29. The van der Waals surface area contributed by atoms with E-state index in [0.717, 1.165) is 20.8 Å². The van der Waals surface area contributed by atoms with Crippen molar-refractivity contribution in [3.05, 3.63) is 22.7 Å². The zero-order chi connectivity index (χ0) is 11.3. The van der Waals surface area contributed by atoms with Crippen molar-refractivity contribution >= 4 is 39.3 Å². The average molecular weight is 289 g/mol. The van der Waals surface area contributed by atoms with Crippen molar-refractivity contribution in [1.82, 2.24) is 5.32 Å². The third kappa shape index (κ3) is 4.13. The molecule has 0 aromatic heterocycles. The molecule has 1 aromatic carbocycles. The zero-order valence-corrected chi connectivity index (χ0v) is 10.8. The molecule has 1 aromatic rings. The Morgan fingerprint density at radius 3 is 2.93 bits per heavy atom. The highest BCUT2D eigenvalue weighted by Gasteiger charge is 2.02. The van der Waals surface area contributed by atoms with Gasteiger partial charge in [0.15, 0.2) is 0 Å². The number of carbonyl (C=O) groups is 1. The summed E-state index contributed by atoms with van der Waals surface area (Å²) < 4.78 is 0.968. The normalized spacial score (nSPS) is 10.0. The molecule has 3 N–H and O–H groups in total. The van der Waals surface area contributed by atoms with E-state index in [-0.39, 0.29) is 5.91 Å². The summed E-state index contributed by atoms with van der Waals surface area (Å²) in [6.45, 7) is 0. The molecule has 0 unspecified atom stereocenters. The topological polar surface area (TPSA) is 55.1 Å². The third-order valence-electron chi connectivity index (χ3n) is 1.84. The van der Waals surface area contributed by atoms with Gasteiger partial charge in [0.1, 0.15) is 0 Å². The predicted molar refractivity (Wildman–Crippen MR) is 68.0 cm³/mol. The molecule has 0 spiro atoms. The molecular weight excluding hydrogens is 276 g/mol. The molecule has 0 atom stereocenters. The van der Waals surface area contributed by atoms with Crippen LogP contribution in [0.2, 0.25) is 0 Å². The van der Waals surface area contributed by atoms with Gasteiger partial charge in [-0.25, -0.2) is 0 Å². The van der Waals surface area contributed by atoms with E-state index >= 15 is 0 Å². The maximum absolute atomic E-state index is 11.0. The fourth-order valence-electron chi connectivity index (χ4n) is 1.03. The Morgan fingerprint density at radius 1 is 1.60 bits per heavy atom. The Balaban J connectivity index is 2.47. The van der Waals surface area contributed by atoms with E-state index < -0.39 is 0 Å². The monoisotopic (exact) mass is 288 g/mol. The molecule has 0 heterocycles. The van der Waals surface area contributed by atoms with Crippen molar-refractivity contribution < 1.29 is 4.79 Å². The highest BCUT2D eigenvalue weighted by molar-refractivity contribution is 9.10. The van der Waals surface area contributed by atoms with Gasteiger partial charge < -0.3 is 11.1 Å². The van der Waals surface area contributed by atoms with Crippen molar-refractivity contribution in [2.75, 3.05) is 18.5 Å². The molecule has 1 rings (SSSR count). The molecule has 0 saturated carbocycles. The number of thioether (sulfide) groups is 1. The number of hydrogen-bond acceptors (Lipinski definition) is 3. The molecule has 0 aliphatic rings. The van der Waals surface area contributed by atoms with Crippen molar-refractivity contribution in [3.8, 4) is 0 Å². The number of nitrogens with one attached hydrogen (secondary N) is 1. The summed E-state index contributed by atoms with van der Waals surface area (Å²) in [4.78, 5) is 12.0. The SMILES string of the molecule is CNC(=O)CCSc1ccc(Br)cc1N. The number of halogens is 1. The van der Waals surface area contributed by atoms with Crippen LogP contribution >= 0.6 is 27.7 Å². The number of anilines is 1. The molecular formula is C10H13BrN2OS. The lowest BCUT2D eigenvalue weighted by Gasteiger charge is -2.05. The molecule has 3 nitrogen and oxygen atoms in total. The molecule has 0 fully saturated rings. The lowest BCUT2D eigenvalue weighted by Crippen LogP contribution is -2.17. The molecule has 0 aliphatic heterocycles. The van der Waals surface area contributed by atoms with Gasteiger partial charge in [-0.3, -0.25) is 4.79 Å². The van der Waals surface area contributed by atoms with E-state index in [0.29, 0.717) is 6.42 Å². The van der Waals surface area contributed by atoms with Gasteiger partial charge in [0, 0.05) is 34.3 Å². The largest absolute Gasteiger partial charge is 0.398 e. The Bertz CT molecular complexity index is 357. The Morgan fingerprint density at radius 2 is 2.33 bits per heavy atom. The average Bonchev–Trinajstić information content (AvgIpc) is 2.21. The number of nitrogen functional groups attached to an aromatic ring is 1. The fourth-order valence-corrected chi connectivity index (χ4v) is 2.31. The van der Waals surface area contributed by atoms with Gasteiger partial charge >= 0.3 is 0 Å². The minimum atomic E-state index is 0.0539. The van der Waals surface area contributed by atoms with Crippen LogP contribution in [0, 0.1) is 0 Å². The van der Waals surface area contributed by atoms with E-state index in [9.17, 15) is 4.79 Å². The van der Waals surface area contributed by atoms with Gasteiger partial charge in [0.05, 0.1) is 0 Å². The third-order valence-corrected chi connectivity index (χ3v) is 3.42. The first kappa shape index (κ1) is 12.4. The van der Waals surface area contributed by atoms with Crippen molar-refractivity contribution in [2.45, 2.75) is 11.3 Å². The number of carbonyl (C=O) groups excluding carboxylic acids is 1. The molecule has 1 amide bonds. The molecule has 0 aliphatic carbocycles. The molecule has 0 saturated heterocycles. The number of rotatable bonds is 4. The highest BCUT2D eigenvalue weighted by Crippen LogP contribution is 2.28. The van der Waals surface area contributed by atoms with Crippen LogP contribution in [0.3, 0.4) is 0 Å². The first-order chi connectivity index (χ1) is 7.13. The van der Waals surface area contributed by atoms with Crippen LogP contribution in [0.15, 0.2) is 27.6 Å². The van der Waals surface area contributed by atoms with Crippen LogP contribution in [0.25, 0.3) is 0 Å². The van der Waals surface area contributed by atoms with Crippen LogP contribution < -0.4 is 11.1 Å². The fraction of sp³-hybridized carbons (Fsp3) is 0.300.